The predicted molar refractivity (Wildman–Crippen MR) is 164 cm³/mol. The predicted octanol–water partition coefficient (Wildman–Crippen LogP) is 6.96. The van der Waals surface area contributed by atoms with Crippen LogP contribution in [-0.4, -0.2) is 37.6 Å². The van der Waals surface area contributed by atoms with Crippen molar-refractivity contribution < 1.29 is 19.0 Å². The molecule has 4 rings (SSSR count). The molecule has 7 nitrogen and oxygen atoms in total. The summed E-state index contributed by atoms with van der Waals surface area (Å²) < 4.78 is 18.3. The maximum atomic E-state index is 13.7. The SMILES string of the molecule is CCOc1cc([C@H]2C(C#N)=C(N)N(CCOC)C3=C2C(=O)CC(C)(C)C3)cc(I)c1OCc1ccc(Cl)c(Cl)c1. The minimum absolute atomic E-state index is 0.0202. The van der Waals surface area contributed by atoms with Crippen molar-refractivity contribution in [2.24, 2.45) is 11.1 Å². The van der Waals surface area contributed by atoms with Crippen molar-refractivity contribution in [3.8, 4) is 17.6 Å². The Balaban J connectivity index is 1.81. The van der Waals surface area contributed by atoms with E-state index in [0.717, 1.165) is 20.4 Å². The van der Waals surface area contributed by atoms with Crippen LogP contribution in [0.4, 0.5) is 0 Å². The standard InChI is InChI=1S/C30H32Cl2IN3O4/c1-5-39-25-12-18(11-22(33)28(25)40-16-17-6-7-20(31)21(32)10-17)26-19(15-34)29(35)36(8-9-38-4)23-13-30(2,3)14-24(37)27(23)26/h6-7,10-12,26H,5,8-9,13-14,16,35H2,1-4H3/t26-/m0/s1. The first kappa shape index (κ1) is 30.5. The lowest BCUT2D eigenvalue weighted by molar-refractivity contribution is -0.118. The van der Waals surface area contributed by atoms with Gasteiger partial charge in [0.1, 0.15) is 12.4 Å². The van der Waals surface area contributed by atoms with E-state index in [0.29, 0.717) is 71.1 Å². The van der Waals surface area contributed by atoms with Gasteiger partial charge in [0.2, 0.25) is 0 Å². The number of Topliss-reactive ketones (excluding diaryl/α,β-unsaturated/α-hetero) is 1. The second-order valence-electron chi connectivity index (χ2n) is 10.6. The number of allylic oxidation sites excluding steroid dienone is 3. The number of benzene rings is 2. The second kappa shape index (κ2) is 12.6. The summed E-state index contributed by atoms with van der Waals surface area (Å²) >= 11 is 14.4. The molecule has 1 aliphatic carbocycles. The third-order valence-corrected chi connectivity index (χ3v) is 8.58. The number of ketones is 1. The molecular weight excluding hydrogens is 664 g/mol. The van der Waals surface area contributed by atoms with E-state index in [1.165, 1.54) is 0 Å². The summed E-state index contributed by atoms with van der Waals surface area (Å²) in [7, 11) is 1.62. The van der Waals surface area contributed by atoms with E-state index >= 15 is 0 Å². The fourth-order valence-electron chi connectivity index (χ4n) is 5.29. The van der Waals surface area contributed by atoms with Crippen LogP contribution in [0.3, 0.4) is 0 Å². The van der Waals surface area contributed by atoms with Crippen LogP contribution >= 0.6 is 45.8 Å². The summed E-state index contributed by atoms with van der Waals surface area (Å²) in [6.07, 6.45) is 1.05. The van der Waals surface area contributed by atoms with E-state index in [1.807, 2.05) is 30.0 Å². The molecule has 0 aromatic heterocycles. The lowest BCUT2D eigenvalue weighted by Gasteiger charge is -2.43. The fraction of sp³-hybridized carbons (Fsp3) is 0.400. The third-order valence-electron chi connectivity index (χ3n) is 7.04. The van der Waals surface area contributed by atoms with Crippen LogP contribution in [0, 0.1) is 20.3 Å². The molecule has 1 aliphatic heterocycles. The fourth-order valence-corrected chi connectivity index (χ4v) is 6.39. The number of carbonyl (C=O) groups excluding carboxylic acids is 1. The Bertz CT molecular complexity index is 1430. The molecule has 1 heterocycles. The van der Waals surface area contributed by atoms with Crippen LogP contribution in [-0.2, 0) is 16.1 Å². The molecule has 2 aliphatic rings. The second-order valence-corrected chi connectivity index (χ2v) is 12.6. The van der Waals surface area contributed by atoms with E-state index < -0.39 is 5.92 Å². The monoisotopic (exact) mass is 695 g/mol. The highest BCUT2D eigenvalue weighted by molar-refractivity contribution is 14.1. The summed E-state index contributed by atoms with van der Waals surface area (Å²) in [5.41, 5.74) is 9.83. The van der Waals surface area contributed by atoms with E-state index in [2.05, 4.69) is 42.5 Å². The van der Waals surface area contributed by atoms with Crippen LogP contribution in [0.5, 0.6) is 11.5 Å². The van der Waals surface area contributed by atoms with E-state index in [4.69, 9.17) is 43.1 Å². The quantitative estimate of drug-likeness (QED) is 0.283. The number of ether oxygens (including phenoxy) is 3. The minimum atomic E-state index is -0.612. The van der Waals surface area contributed by atoms with Gasteiger partial charge in [0, 0.05) is 31.3 Å². The lowest BCUT2D eigenvalue weighted by atomic mass is 9.68. The molecule has 212 valence electrons. The zero-order chi connectivity index (χ0) is 29.2. The zero-order valence-corrected chi connectivity index (χ0v) is 26.6. The molecule has 2 N–H and O–H groups in total. The van der Waals surface area contributed by atoms with Crippen LogP contribution in [0.25, 0.3) is 0 Å². The van der Waals surface area contributed by atoms with Crippen molar-refractivity contribution in [1.29, 1.82) is 5.26 Å². The van der Waals surface area contributed by atoms with Crippen LogP contribution in [0.1, 0.15) is 50.7 Å². The minimum Gasteiger partial charge on any atom is -0.490 e. The molecule has 0 amide bonds. The van der Waals surface area contributed by atoms with Crippen LogP contribution in [0.15, 0.2) is 53.0 Å². The molecule has 40 heavy (non-hydrogen) atoms. The Kier molecular flexibility index (Phi) is 9.61. The average molecular weight is 696 g/mol. The molecule has 0 spiro atoms. The van der Waals surface area contributed by atoms with E-state index in [1.54, 1.807) is 19.2 Å². The summed E-state index contributed by atoms with van der Waals surface area (Å²) in [4.78, 5) is 15.6. The Labute approximate surface area is 259 Å². The highest BCUT2D eigenvalue weighted by Gasteiger charge is 2.44. The first-order valence-electron chi connectivity index (χ1n) is 13.0. The van der Waals surface area contributed by atoms with Gasteiger partial charge in [0.25, 0.3) is 0 Å². The van der Waals surface area contributed by atoms with Gasteiger partial charge in [-0.3, -0.25) is 4.79 Å². The van der Waals surface area contributed by atoms with Crippen LogP contribution < -0.4 is 15.2 Å². The Morgan fingerprint density at radius 1 is 1.18 bits per heavy atom. The molecule has 0 bridgehead atoms. The van der Waals surface area contributed by atoms with Crippen molar-refractivity contribution >= 4 is 51.6 Å². The zero-order valence-electron chi connectivity index (χ0n) is 22.9. The highest BCUT2D eigenvalue weighted by atomic mass is 127. The number of methoxy groups -OCH3 is 1. The Morgan fingerprint density at radius 3 is 2.58 bits per heavy atom. The van der Waals surface area contributed by atoms with Gasteiger partial charge >= 0.3 is 0 Å². The Hall–Kier alpha value is -2.45. The number of hydrogen-bond donors (Lipinski definition) is 1. The number of hydrogen-bond acceptors (Lipinski definition) is 7. The molecule has 0 unspecified atom stereocenters. The van der Waals surface area contributed by atoms with Gasteiger partial charge in [0.05, 0.1) is 44.4 Å². The molecule has 0 fully saturated rings. The molecule has 2 aromatic carbocycles. The first-order chi connectivity index (χ1) is 19.0. The number of halogens is 3. The van der Waals surface area contributed by atoms with Gasteiger partial charge in [-0.15, -0.1) is 0 Å². The normalized spacial score (nSPS) is 18.5. The molecule has 0 saturated carbocycles. The Morgan fingerprint density at radius 2 is 1.93 bits per heavy atom. The largest absolute Gasteiger partial charge is 0.490 e. The molecule has 10 heteroatoms. The molecule has 2 aromatic rings. The molecule has 0 radical (unpaired) electrons. The number of rotatable bonds is 9. The van der Waals surface area contributed by atoms with Gasteiger partial charge in [-0.05, 0) is 76.7 Å². The van der Waals surface area contributed by atoms with E-state index in [-0.39, 0.29) is 17.8 Å². The lowest BCUT2D eigenvalue weighted by Crippen LogP contribution is -2.43. The number of nitrogens with zero attached hydrogens (tertiary/aromatic N) is 2. The summed E-state index contributed by atoms with van der Waals surface area (Å²) in [5, 5.41) is 11.2. The van der Waals surface area contributed by atoms with Crippen molar-refractivity contribution in [2.75, 3.05) is 26.9 Å². The van der Waals surface area contributed by atoms with Gasteiger partial charge in [-0.2, -0.15) is 5.26 Å². The molecule has 1 atom stereocenters. The molecule has 0 saturated heterocycles. The number of nitrogens with two attached hydrogens (primary N) is 1. The molecular formula is C30H32Cl2IN3O4. The van der Waals surface area contributed by atoms with Gasteiger partial charge in [0.15, 0.2) is 17.3 Å². The number of carbonyl (C=O) groups is 1. The van der Waals surface area contributed by atoms with Crippen LogP contribution in [0.2, 0.25) is 10.0 Å². The van der Waals surface area contributed by atoms with Crippen molar-refractivity contribution in [2.45, 2.75) is 46.1 Å². The third kappa shape index (κ3) is 6.23. The maximum absolute atomic E-state index is 13.7. The van der Waals surface area contributed by atoms with Crippen molar-refractivity contribution in [1.82, 2.24) is 4.90 Å². The average Bonchev–Trinajstić information content (AvgIpc) is 2.88. The van der Waals surface area contributed by atoms with Crippen molar-refractivity contribution in [3.63, 3.8) is 0 Å². The van der Waals surface area contributed by atoms with Gasteiger partial charge in [-0.25, -0.2) is 0 Å². The van der Waals surface area contributed by atoms with Crippen molar-refractivity contribution in [3.05, 3.63) is 77.7 Å². The van der Waals surface area contributed by atoms with E-state index in [9.17, 15) is 10.1 Å². The summed E-state index contributed by atoms with van der Waals surface area (Å²) in [6, 6.07) is 11.4. The maximum Gasteiger partial charge on any atom is 0.174 e. The topological polar surface area (TPSA) is 97.8 Å². The number of nitriles is 1. The highest BCUT2D eigenvalue weighted by Crippen LogP contribution is 2.50. The summed E-state index contributed by atoms with van der Waals surface area (Å²) in [5.74, 6) is 0.844. The van der Waals surface area contributed by atoms with Gasteiger partial charge in [-0.1, -0.05) is 43.1 Å². The first-order valence-corrected chi connectivity index (χ1v) is 14.8. The van der Waals surface area contributed by atoms with Gasteiger partial charge < -0.3 is 24.8 Å². The smallest absolute Gasteiger partial charge is 0.174 e. The summed E-state index contributed by atoms with van der Waals surface area (Å²) in [6.45, 7) is 7.56.